The summed E-state index contributed by atoms with van der Waals surface area (Å²) in [6.07, 6.45) is 7.52. The Balaban J connectivity index is 2.36. The smallest absolute Gasteiger partial charge is 0.127 e. The molecule has 0 bridgehead atoms. The highest BCUT2D eigenvalue weighted by Gasteiger charge is 2.26. The number of rotatable bonds is 5. The van der Waals surface area contributed by atoms with Gasteiger partial charge in [0.05, 0.1) is 5.69 Å². The van der Waals surface area contributed by atoms with Gasteiger partial charge in [0.2, 0.25) is 0 Å². The summed E-state index contributed by atoms with van der Waals surface area (Å²) in [5.41, 5.74) is 7.47. The minimum Gasteiger partial charge on any atom is -0.384 e. The van der Waals surface area contributed by atoms with Crippen LogP contribution in [0.25, 0.3) is 0 Å². The fourth-order valence-electron chi connectivity index (χ4n) is 3.01. The average molecular weight is 249 g/mol. The van der Waals surface area contributed by atoms with Crippen LogP contribution in [0.5, 0.6) is 0 Å². The van der Waals surface area contributed by atoms with Crippen LogP contribution in [0.4, 0.5) is 5.82 Å². The van der Waals surface area contributed by atoms with E-state index in [-0.39, 0.29) is 0 Å². The second-order valence-corrected chi connectivity index (χ2v) is 5.68. The molecule has 2 rings (SSSR count). The molecule has 2 N–H and O–H groups in total. The van der Waals surface area contributed by atoms with Gasteiger partial charge in [0.15, 0.2) is 0 Å². The van der Waals surface area contributed by atoms with E-state index in [4.69, 9.17) is 10.7 Å². The van der Waals surface area contributed by atoms with Crippen molar-refractivity contribution in [2.24, 2.45) is 0 Å². The molecule has 1 atom stereocenters. The summed E-state index contributed by atoms with van der Waals surface area (Å²) in [4.78, 5) is 4.92. The summed E-state index contributed by atoms with van der Waals surface area (Å²) in [7, 11) is 0. The van der Waals surface area contributed by atoms with Crippen LogP contribution in [-0.4, -0.2) is 9.55 Å². The minimum atomic E-state index is 0.475. The van der Waals surface area contributed by atoms with E-state index < -0.39 is 0 Å². The zero-order valence-corrected chi connectivity index (χ0v) is 12.1. The van der Waals surface area contributed by atoms with Crippen LogP contribution in [0.2, 0.25) is 0 Å². The molecule has 1 heterocycles. The molecule has 0 spiro atoms. The summed E-state index contributed by atoms with van der Waals surface area (Å²) < 4.78 is 2.29. The molecule has 0 saturated heterocycles. The Morgan fingerprint density at radius 3 is 2.56 bits per heavy atom. The first kappa shape index (κ1) is 13.4. The van der Waals surface area contributed by atoms with E-state index >= 15 is 0 Å². The number of nitrogens with two attached hydrogens (primary N) is 1. The van der Waals surface area contributed by atoms with Gasteiger partial charge in [0.25, 0.3) is 0 Å². The maximum Gasteiger partial charge on any atom is 0.127 e. The molecule has 18 heavy (non-hydrogen) atoms. The van der Waals surface area contributed by atoms with Gasteiger partial charge in [-0.25, -0.2) is 4.98 Å². The highest BCUT2D eigenvalue weighted by molar-refractivity contribution is 5.41. The quantitative estimate of drug-likeness (QED) is 0.855. The van der Waals surface area contributed by atoms with Crippen LogP contribution in [0.1, 0.15) is 82.7 Å². The predicted octanol–water partition coefficient (Wildman–Crippen LogP) is 4.05. The number of nitrogens with zero attached hydrogens (tertiary/aromatic N) is 2. The molecular weight excluding hydrogens is 222 g/mol. The maximum absolute atomic E-state index is 6.33. The molecule has 1 aromatic heterocycles. The fourth-order valence-corrected chi connectivity index (χ4v) is 3.01. The van der Waals surface area contributed by atoms with Crippen LogP contribution >= 0.6 is 0 Å². The first-order chi connectivity index (χ1) is 8.69. The van der Waals surface area contributed by atoms with Gasteiger partial charge in [-0.2, -0.15) is 0 Å². The molecule has 1 saturated carbocycles. The third-order valence-corrected chi connectivity index (χ3v) is 4.31. The molecular formula is C15H27N3. The summed E-state index contributed by atoms with van der Waals surface area (Å²) in [5.74, 6) is 3.31. The van der Waals surface area contributed by atoms with E-state index in [1.54, 1.807) is 0 Å². The van der Waals surface area contributed by atoms with Crippen molar-refractivity contribution in [3.8, 4) is 0 Å². The first-order valence-corrected chi connectivity index (χ1v) is 7.54. The topological polar surface area (TPSA) is 43.8 Å². The van der Waals surface area contributed by atoms with Gasteiger partial charge < -0.3 is 10.3 Å². The van der Waals surface area contributed by atoms with Gasteiger partial charge in [-0.3, -0.25) is 0 Å². The highest BCUT2D eigenvalue weighted by atomic mass is 15.1. The van der Waals surface area contributed by atoms with E-state index in [0.29, 0.717) is 11.8 Å². The molecule has 3 nitrogen and oxygen atoms in total. The standard InChI is InChI=1S/C15H27N3/c1-4-10-18-14(16)13(11(3)5-2)17-15(18)12-8-6-7-9-12/h11-12H,4-10,16H2,1-3H3. The third-order valence-electron chi connectivity index (χ3n) is 4.31. The predicted molar refractivity (Wildman–Crippen MR) is 76.8 cm³/mol. The van der Waals surface area contributed by atoms with Gasteiger partial charge in [-0.15, -0.1) is 0 Å². The fraction of sp³-hybridized carbons (Fsp3) is 0.800. The van der Waals surface area contributed by atoms with E-state index in [9.17, 15) is 0 Å². The lowest BCUT2D eigenvalue weighted by molar-refractivity contribution is 0.578. The van der Waals surface area contributed by atoms with Crippen molar-refractivity contribution in [3.05, 3.63) is 11.5 Å². The third kappa shape index (κ3) is 2.40. The number of nitrogen functional groups attached to an aromatic ring is 1. The summed E-state index contributed by atoms with van der Waals surface area (Å²) in [6.45, 7) is 7.66. The molecule has 0 aromatic carbocycles. The van der Waals surface area contributed by atoms with Crippen LogP contribution < -0.4 is 5.73 Å². The van der Waals surface area contributed by atoms with Crippen molar-refractivity contribution >= 4 is 5.82 Å². The molecule has 0 radical (unpaired) electrons. The Bertz CT molecular complexity index is 389. The van der Waals surface area contributed by atoms with Crippen molar-refractivity contribution in [1.82, 2.24) is 9.55 Å². The van der Waals surface area contributed by atoms with Gasteiger partial charge in [0, 0.05) is 18.4 Å². The molecule has 1 aliphatic carbocycles. The lowest BCUT2D eigenvalue weighted by Crippen LogP contribution is -2.09. The van der Waals surface area contributed by atoms with E-state index in [1.807, 2.05) is 0 Å². The zero-order valence-electron chi connectivity index (χ0n) is 12.1. The van der Waals surface area contributed by atoms with Gasteiger partial charge in [-0.1, -0.05) is 33.6 Å². The van der Waals surface area contributed by atoms with Crippen LogP contribution in [-0.2, 0) is 6.54 Å². The van der Waals surface area contributed by atoms with Crippen LogP contribution in [0.3, 0.4) is 0 Å². The highest BCUT2D eigenvalue weighted by Crippen LogP contribution is 2.37. The zero-order chi connectivity index (χ0) is 13.1. The second-order valence-electron chi connectivity index (χ2n) is 5.68. The van der Waals surface area contributed by atoms with E-state index in [1.165, 1.54) is 31.5 Å². The van der Waals surface area contributed by atoms with Gasteiger partial charge in [-0.05, 0) is 25.7 Å². The monoisotopic (exact) mass is 249 g/mol. The normalized spacial score (nSPS) is 18.4. The maximum atomic E-state index is 6.33. The lowest BCUT2D eigenvalue weighted by atomic mass is 10.1. The molecule has 1 aliphatic rings. The molecule has 3 heteroatoms. The Morgan fingerprint density at radius 1 is 1.33 bits per heavy atom. The Hall–Kier alpha value is -0.990. The van der Waals surface area contributed by atoms with E-state index in [0.717, 1.165) is 30.9 Å². The summed E-state index contributed by atoms with van der Waals surface area (Å²) in [6, 6.07) is 0. The molecule has 0 aliphatic heterocycles. The lowest BCUT2D eigenvalue weighted by Gasteiger charge is -2.13. The molecule has 0 amide bonds. The molecule has 102 valence electrons. The summed E-state index contributed by atoms with van der Waals surface area (Å²) in [5, 5.41) is 0. The van der Waals surface area contributed by atoms with Crippen LogP contribution in [0.15, 0.2) is 0 Å². The average Bonchev–Trinajstić information content (AvgIpc) is 2.99. The van der Waals surface area contributed by atoms with Gasteiger partial charge in [0.1, 0.15) is 11.6 Å². The van der Waals surface area contributed by atoms with Crippen molar-refractivity contribution in [1.29, 1.82) is 0 Å². The number of anilines is 1. The summed E-state index contributed by atoms with van der Waals surface area (Å²) >= 11 is 0. The number of imidazole rings is 1. The number of hydrogen-bond donors (Lipinski definition) is 1. The largest absolute Gasteiger partial charge is 0.384 e. The minimum absolute atomic E-state index is 0.475. The number of aromatic nitrogens is 2. The van der Waals surface area contributed by atoms with Crippen molar-refractivity contribution in [2.75, 3.05) is 5.73 Å². The van der Waals surface area contributed by atoms with Crippen LogP contribution in [0, 0.1) is 0 Å². The molecule has 1 unspecified atom stereocenters. The Labute approximate surface area is 111 Å². The van der Waals surface area contributed by atoms with Gasteiger partial charge >= 0.3 is 0 Å². The van der Waals surface area contributed by atoms with Crippen molar-refractivity contribution in [2.45, 2.75) is 77.7 Å². The van der Waals surface area contributed by atoms with Crippen molar-refractivity contribution in [3.63, 3.8) is 0 Å². The van der Waals surface area contributed by atoms with E-state index in [2.05, 4.69) is 25.3 Å². The number of hydrogen-bond acceptors (Lipinski definition) is 2. The Kier molecular flexibility index (Phi) is 4.31. The second kappa shape index (κ2) is 5.77. The van der Waals surface area contributed by atoms with Crippen molar-refractivity contribution < 1.29 is 0 Å². The Morgan fingerprint density at radius 2 is 2.00 bits per heavy atom. The molecule has 1 aromatic rings. The molecule has 1 fully saturated rings. The first-order valence-electron chi connectivity index (χ1n) is 7.54. The SMILES string of the molecule is CCCn1c(C2CCCC2)nc(C(C)CC)c1N.